The molecule has 1 aromatic rings. The molecule has 0 aliphatic heterocycles. The zero-order valence-electron chi connectivity index (χ0n) is 5.38. The van der Waals surface area contributed by atoms with Crippen LogP contribution in [0.15, 0.2) is 10.9 Å². The quantitative estimate of drug-likeness (QED) is 0.476. The minimum absolute atomic E-state index is 0.154. The summed E-state index contributed by atoms with van der Waals surface area (Å²) in [6, 6.07) is 1.16. The lowest BCUT2D eigenvalue weighted by Crippen LogP contribution is -2.09. The number of rotatable bonds is 1. The van der Waals surface area contributed by atoms with Crippen molar-refractivity contribution in [1.29, 1.82) is 0 Å². The fraction of sp³-hybridized carbons (Fsp3) is 0.200. The Balaban J connectivity index is 3.19. The van der Waals surface area contributed by atoms with E-state index in [-0.39, 0.29) is 11.4 Å². The SMILES string of the molecule is Cc1nc(NO)cc(=O)[nH]1. The van der Waals surface area contributed by atoms with Gasteiger partial charge >= 0.3 is 0 Å². The fourth-order valence-electron chi connectivity index (χ4n) is 0.637. The van der Waals surface area contributed by atoms with Gasteiger partial charge in [-0.1, -0.05) is 0 Å². The summed E-state index contributed by atoms with van der Waals surface area (Å²) in [5.74, 6) is 0.616. The van der Waals surface area contributed by atoms with E-state index in [2.05, 4.69) is 9.97 Å². The van der Waals surface area contributed by atoms with E-state index in [0.717, 1.165) is 6.07 Å². The third-order valence-electron chi connectivity index (χ3n) is 0.975. The third-order valence-corrected chi connectivity index (χ3v) is 0.975. The van der Waals surface area contributed by atoms with Crippen LogP contribution in [-0.2, 0) is 0 Å². The molecule has 54 valence electrons. The molecule has 5 nitrogen and oxygen atoms in total. The van der Waals surface area contributed by atoms with Crippen molar-refractivity contribution >= 4 is 5.82 Å². The lowest BCUT2D eigenvalue weighted by molar-refractivity contribution is 0.385. The first-order chi connectivity index (χ1) is 4.72. The predicted molar refractivity (Wildman–Crippen MR) is 35.0 cm³/mol. The Morgan fingerprint density at radius 1 is 1.80 bits per heavy atom. The molecule has 5 heteroatoms. The maximum atomic E-state index is 10.6. The van der Waals surface area contributed by atoms with Crippen molar-refractivity contribution in [2.75, 3.05) is 5.48 Å². The first-order valence-corrected chi connectivity index (χ1v) is 2.70. The van der Waals surface area contributed by atoms with Crippen molar-refractivity contribution in [3.8, 4) is 0 Å². The van der Waals surface area contributed by atoms with Crippen molar-refractivity contribution in [3.63, 3.8) is 0 Å². The second-order valence-electron chi connectivity index (χ2n) is 1.83. The highest BCUT2D eigenvalue weighted by Gasteiger charge is 1.93. The van der Waals surface area contributed by atoms with Gasteiger partial charge < -0.3 is 4.98 Å². The molecule has 0 unspecified atom stereocenters. The number of aryl methyl sites for hydroxylation is 1. The Morgan fingerprint density at radius 2 is 2.50 bits per heavy atom. The highest BCUT2D eigenvalue weighted by Crippen LogP contribution is 1.93. The van der Waals surface area contributed by atoms with Gasteiger partial charge in [0.15, 0.2) is 5.82 Å². The normalized spacial score (nSPS) is 9.40. The molecule has 0 saturated carbocycles. The summed E-state index contributed by atoms with van der Waals surface area (Å²) in [7, 11) is 0. The van der Waals surface area contributed by atoms with E-state index in [4.69, 9.17) is 5.21 Å². The van der Waals surface area contributed by atoms with Gasteiger partial charge in [0.1, 0.15) is 5.82 Å². The number of aromatic nitrogens is 2. The van der Waals surface area contributed by atoms with Crippen LogP contribution in [0.1, 0.15) is 5.82 Å². The smallest absolute Gasteiger partial charge is 0.253 e. The van der Waals surface area contributed by atoms with Gasteiger partial charge in [-0.3, -0.25) is 15.5 Å². The van der Waals surface area contributed by atoms with E-state index >= 15 is 0 Å². The van der Waals surface area contributed by atoms with Crippen LogP contribution in [0.25, 0.3) is 0 Å². The molecule has 0 saturated heterocycles. The molecule has 0 aromatic carbocycles. The van der Waals surface area contributed by atoms with Crippen molar-refractivity contribution in [2.45, 2.75) is 6.92 Å². The van der Waals surface area contributed by atoms with Crippen molar-refractivity contribution < 1.29 is 5.21 Å². The second-order valence-corrected chi connectivity index (χ2v) is 1.83. The second kappa shape index (κ2) is 2.49. The molecular formula is C5H7N3O2. The molecule has 10 heavy (non-hydrogen) atoms. The predicted octanol–water partition coefficient (Wildman–Crippen LogP) is -0.121. The van der Waals surface area contributed by atoms with E-state index in [9.17, 15) is 4.79 Å². The van der Waals surface area contributed by atoms with Gasteiger partial charge in [0.25, 0.3) is 5.56 Å². The van der Waals surface area contributed by atoms with Crippen LogP contribution in [0.2, 0.25) is 0 Å². The molecule has 0 aliphatic carbocycles. The number of aromatic amines is 1. The first-order valence-electron chi connectivity index (χ1n) is 2.70. The van der Waals surface area contributed by atoms with Gasteiger partial charge in [-0.05, 0) is 6.92 Å². The monoisotopic (exact) mass is 141 g/mol. The maximum absolute atomic E-state index is 10.6. The number of nitrogens with one attached hydrogen (secondary N) is 2. The molecule has 0 atom stereocenters. The summed E-state index contributed by atoms with van der Waals surface area (Å²) < 4.78 is 0. The summed E-state index contributed by atoms with van der Waals surface area (Å²) >= 11 is 0. The van der Waals surface area contributed by atoms with Crippen LogP contribution in [0.3, 0.4) is 0 Å². The summed E-state index contributed by atoms with van der Waals surface area (Å²) in [5.41, 5.74) is 1.49. The zero-order chi connectivity index (χ0) is 7.56. The Kier molecular flexibility index (Phi) is 1.68. The van der Waals surface area contributed by atoms with Crippen LogP contribution < -0.4 is 11.0 Å². The molecule has 1 heterocycles. The van der Waals surface area contributed by atoms with Gasteiger partial charge in [-0.2, -0.15) is 0 Å². The van der Waals surface area contributed by atoms with E-state index < -0.39 is 0 Å². The van der Waals surface area contributed by atoms with Crippen molar-refractivity contribution in [1.82, 2.24) is 9.97 Å². The summed E-state index contributed by atoms with van der Waals surface area (Å²) in [4.78, 5) is 16.8. The number of hydrogen-bond acceptors (Lipinski definition) is 4. The maximum Gasteiger partial charge on any atom is 0.253 e. The van der Waals surface area contributed by atoms with Crippen LogP contribution in [0.5, 0.6) is 0 Å². The van der Waals surface area contributed by atoms with E-state index in [1.165, 1.54) is 0 Å². The van der Waals surface area contributed by atoms with Gasteiger partial charge in [-0.25, -0.2) is 4.98 Å². The average Bonchev–Trinajstić information content (AvgIpc) is 1.85. The fourth-order valence-corrected chi connectivity index (χ4v) is 0.637. The van der Waals surface area contributed by atoms with Crippen LogP contribution >= 0.6 is 0 Å². The topological polar surface area (TPSA) is 78.0 Å². The molecule has 0 spiro atoms. The number of H-pyrrole nitrogens is 1. The molecule has 3 N–H and O–H groups in total. The Hall–Kier alpha value is -1.36. The summed E-state index contributed by atoms with van der Waals surface area (Å²) in [6.45, 7) is 1.63. The van der Waals surface area contributed by atoms with Gasteiger partial charge in [0.05, 0.1) is 0 Å². The number of hydrogen-bond donors (Lipinski definition) is 3. The largest absolute Gasteiger partial charge is 0.311 e. The first kappa shape index (κ1) is 6.76. The molecule has 1 aromatic heterocycles. The highest BCUT2D eigenvalue weighted by molar-refractivity contribution is 5.28. The van der Waals surface area contributed by atoms with Gasteiger partial charge in [0, 0.05) is 6.07 Å². The van der Waals surface area contributed by atoms with Crippen molar-refractivity contribution in [3.05, 3.63) is 22.2 Å². The van der Waals surface area contributed by atoms with E-state index in [0.29, 0.717) is 5.82 Å². The summed E-state index contributed by atoms with van der Waals surface area (Å²) in [5, 5.41) is 8.32. The zero-order valence-corrected chi connectivity index (χ0v) is 5.38. The standard InChI is InChI=1S/C5H7N3O2/c1-3-6-4(8-10)2-5(9)7-3/h2,10H,1H3,(H2,6,7,8,9). The number of nitrogens with zero attached hydrogens (tertiary/aromatic N) is 1. The highest BCUT2D eigenvalue weighted by atomic mass is 16.5. The van der Waals surface area contributed by atoms with Crippen LogP contribution in [0.4, 0.5) is 5.82 Å². The minimum atomic E-state index is -0.288. The van der Waals surface area contributed by atoms with E-state index in [1.54, 1.807) is 12.4 Å². The average molecular weight is 141 g/mol. The Labute approximate surface area is 56.7 Å². The molecular weight excluding hydrogens is 134 g/mol. The van der Waals surface area contributed by atoms with E-state index in [1.807, 2.05) is 0 Å². The summed E-state index contributed by atoms with van der Waals surface area (Å²) in [6.07, 6.45) is 0. The Morgan fingerprint density at radius 3 is 3.00 bits per heavy atom. The lowest BCUT2D eigenvalue weighted by atomic mass is 10.5. The van der Waals surface area contributed by atoms with Crippen molar-refractivity contribution in [2.24, 2.45) is 0 Å². The van der Waals surface area contributed by atoms with Gasteiger partial charge in [0.2, 0.25) is 0 Å². The number of anilines is 1. The molecule has 1 rings (SSSR count). The third kappa shape index (κ3) is 1.32. The lowest BCUT2D eigenvalue weighted by Gasteiger charge is -1.96. The minimum Gasteiger partial charge on any atom is -0.311 e. The molecule has 0 bridgehead atoms. The molecule has 0 aliphatic rings. The van der Waals surface area contributed by atoms with Crippen LogP contribution in [0, 0.1) is 6.92 Å². The molecule has 0 fully saturated rings. The van der Waals surface area contributed by atoms with Crippen LogP contribution in [-0.4, -0.2) is 15.2 Å². The molecule has 0 amide bonds. The molecule has 0 radical (unpaired) electrons. The van der Waals surface area contributed by atoms with Gasteiger partial charge in [-0.15, -0.1) is 0 Å². The Bertz CT molecular complexity index is 280.